The van der Waals surface area contributed by atoms with Crippen LogP contribution in [-0.4, -0.2) is 57.0 Å². The van der Waals surface area contributed by atoms with Gasteiger partial charge < -0.3 is 10.2 Å². The summed E-state index contributed by atoms with van der Waals surface area (Å²) >= 11 is 1.66. The molecule has 5 nitrogen and oxygen atoms in total. The molecule has 2 aliphatic heterocycles. The Morgan fingerprint density at radius 3 is 2.86 bits per heavy atom. The van der Waals surface area contributed by atoms with E-state index in [0.29, 0.717) is 24.3 Å². The van der Waals surface area contributed by atoms with E-state index in [2.05, 4.69) is 16.2 Å². The van der Waals surface area contributed by atoms with Crippen LogP contribution >= 0.6 is 11.3 Å². The van der Waals surface area contributed by atoms with Crippen LogP contribution in [0.2, 0.25) is 0 Å². The summed E-state index contributed by atoms with van der Waals surface area (Å²) < 4.78 is 12.0. The Hall–Kier alpha value is -0.920. The minimum atomic E-state index is -1.94. The maximum Gasteiger partial charge on any atom is 0.226 e. The smallest absolute Gasteiger partial charge is 0.226 e. The molecule has 1 aromatic heterocycles. The van der Waals surface area contributed by atoms with Crippen molar-refractivity contribution in [3.63, 3.8) is 0 Å². The fourth-order valence-electron chi connectivity index (χ4n) is 3.16. The van der Waals surface area contributed by atoms with Gasteiger partial charge in [0.25, 0.3) is 0 Å². The minimum absolute atomic E-state index is 0.00187. The summed E-state index contributed by atoms with van der Waals surface area (Å²) in [6, 6.07) is 0.0333. The lowest BCUT2D eigenvalue weighted by Crippen LogP contribution is -2.51. The van der Waals surface area contributed by atoms with Gasteiger partial charge >= 0.3 is 0 Å². The normalized spacial score (nSPS) is 32.9. The van der Waals surface area contributed by atoms with Crippen molar-refractivity contribution >= 4 is 32.6 Å². The SMILES string of the molecule is C=S1(=O)CCC(C(=O)N2CCNCC2c2ncc(C)s2)CC1. The predicted octanol–water partition coefficient (Wildman–Crippen LogP) is 1.05. The molecule has 7 heteroatoms. The van der Waals surface area contributed by atoms with Crippen LogP contribution in [0.5, 0.6) is 0 Å². The zero-order valence-corrected chi connectivity index (χ0v) is 14.5. The lowest BCUT2D eigenvalue weighted by Gasteiger charge is -2.38. The minimum Gasteiger partial charge on any atom is -0.330 e. The summed E-state index contributed by atoms with van der Waals surface area (Å²) in [5, 5.41) is 4.37. The summed E-state index contributed by atoms with van der Waals surface area (Å²) in [7, 11) is -1.94. The van der Waals surface area contributed by atoms with Gasteiger partial charge in [-0.2, -0.15) is 0 Å². The average Bonchev–Trinajstić information content (AvgIpc) is 2.93. The van der Waals surface area contributed by atoms with Crippen molar-refractivity contribution in [2.45, 2.75) is 25.8 Å². The molecule has 3 rings (SSSR count). The first-order valence-electron chi connectivity index (χ1n) is 7.72. The molecule has 0 bridgehead atoms. The van der Waals surface area contributed by atoms with Crippen molar-refractivity contribution in [3.8, 4) is 0 Å². The van der Waals surface area contributed by atoms with Gasteiger partial charge in [0.2, 0.25) is 5.91 Å². The van der Waals surface area contributed by atoms with E-state index in [1.807, 2.05) is 18.0 Å². The Balaban J connectivity index is 1.74. The second-order valence-corrected chi connectivity index (χ2v) is 10.2. The standard InChI is InChI=1S/C15H23N3O2S2/c1-11-9-17-14(21-11)13-10-16-5-6-18(13)15(19)12-3-7-22(2,20)8-4-12/h9,12-13,16H,2-8,10H2,1H3. The molecule has 0 aliphatic carbocycles. The summed E-state index contributed by atoms with van der Waals surface area (Å²) in [5.41, 5.74) is 0. The number of nitrogens with zero attached hydrogens (tertiary/aromatic N) is 2. The zero-order chi connectivity index (χ0) is 15.7. The van der Waals surface area contributed by atoms with Crippen LogP contribution in [0.1, 0.15) is 28.8 Å². The monoisotopic (exact) mass is 341 g/mol. The van der Waals surface area contributed by atoms with Crippen LogP contribution in [0.3, 0.4) is 0 Å². The van der Waals surface area contributed by atoms with Crippen molar-refractivity contribution < 1.29 is 9.00 Å². The molecule has 0 saturated carbocycles. The maximum atomic E-state index is 12.9. The molecule has 122 valence electrons. The van der Waals surface area contributed by atoms with E-state index in [1.54, 1.807) is 11.3 Å². The molecule has 2 saturated heterocycles. The highest BCUT2D eigenvalue weighted by atomic mass is 32.2. The molecular weight excluding hydrogens is 318 g/mol. The molecule has 2 aliphatic rings. The number of nitrogens with one attached hydrogen (secondary N) is 1. The summed E-state index contributed by atoms with van der Waals surface area (Å²) in [5.74, 6) is 5.15. The highest BCUT2D eigenvalue weighted by Gasteiger charge is 2.35. The number of hydrogen-bond donors (Lipinski definition) is 1. The van der Waals surface area contributed by atoms with Gasteiger partial charge in [0.1, 0.15) is 5.01 Å². The number of carbonyl (C=O) groups excluding carboxylic acids is 1. The van der Waals surface area contributed by atoms with Crippen molar-refractivity contribution in [3.05, 3.63) is 16.1 Å². The number of amides is 1. The first kappa shape index (κ1) is 16.0. The van der Waals surface area contributed by atoms with Gasteiger partial charge in [0, 0.05) is 48.1 Å². The lowest BCUT2D eigenvalue weighted by atomic mass is 9.99. The van der Waals surface area contributed by atoms with Crippen molar-refractivity contribution in [2.24, 2.45) is 5.92 Å². The quantitative estimate of drug-likeness (QED) is 0.817. The third-order valence-electron chi connectivity index (χ3n) is 4.48. The predicted molar refractivity (Wildman–Crippen MR) is 91.9 cm³/mol. The largest absolute Gasteiger partial charge is 0.330 e. The van der Waals surface area contributed by atoms with E-state index in [0.717, 1.165) is 24.6 Å². The number of piperazine rings is 1. The third-order valence-corrected chi connectivity index (χ3v) is 7.45. The number of aryl methyl sites for hydroxylation is 1. The van der Waals surface area contributed by atoms with Gasteiger partial charge in [-0.15, -0.1) is 11.3 Å². The lowest BCUT2D eigenvalue weighted by molar-refractivity contribution is -0.139. The molecule has 0 aromatic carbocycles. The van der Waals surface area contributed by atoms with Gasteiger partial charge in [-0.05, 0) is 35.2 Å². The summed E-state index contributed by atoms with van der Waals surface area (Å²) in [4.78, 5) is 20.5. The first-order valence-corrected chi connectivity index (χ1v) is 10.6. The topological polar surface area (TPSA) is 62.3 Å². The number of rotatable bonds is 2. The van der Waals surface area contributed by atoms with Gasteiger partial charge in [0.15, 0.2) is 0 Å². The van der Waals surface area contributed by atoms with Crippen LogP contribution in [0.4, 0.5) is 0 Å². The Morgan fingerprint density at radius 1 is 1.50 bits per heavy atom. The van der Waals surface area contributed by atoms with Crippen LogP contribution < -0.4 is 5.32 Å². The van der Waals surface area contributed by atoms with Crippen LogP contribution in [0.25, 0.3) is 0 Å². The number of thiazole rings is 1. The molecule has 1 unspecified atom stereocenters. The molecule has 0 spiro atoms. The number of aromatic nitrogens is 1. The average molecular weight is 342 g/mol. The Bertz CT molecular complexity index is 639. The van der Waals surface area contributed by atoms with E-state index in [1.165, 1.54) is 4.88 Å². The number of hydrogen-bond acceptors (Lipinski definition) is 5. The molecule has 22 heavy (non-hydrogen) atoms. The van der Waals surface area contributed by atoms with E-state index >= 15 is 0 Å². The van der Waals surface area contributed by atoms with Crippen molar-refractivity contribution in [1.29, 1.82) is 0 Å². The molecule has 0 radical (unpaired) electrons. The Labute approximate surface area is 136 Å². The molecule has 1 N–H and O–H groups in total. The Kier molecular flexibility index (Phi) is 4.56. The van der Waals surface area contributed by atoms with Crippen molar-refractivity contribution in [2.75, 3.05) is 31.1 Å². The maximum absolute atomic E-state index is 12.9. The van der Waals surface area contributed by atoms with E-state index in [-0.39, 0.29) is 17.9 Å². The van der Waals surface area contributed by atoms with Gasteiger partial charge in [-0.25, -0.2) is 4.98 Å². The van der Waals surface area contributed by atoms with Crippen LogP contribution in [-0.2, 0) is 14.3 Å². The van der Waals surface area contributed by atoms with E-state index in [9.17, 15) is 9.00 Å². The molecule has 1 amide bonds. The molecule has 2 fully saturated rings. The Morgan fingerprint density at radius 2 is 2.23 bits per heavy atom. The van der Waals surface area contributed by atoms with Crippen LogP contribution in [0, 0.1) is 12.8 Å². The molecular formula is C15H23N3O2S2. The molecule has 3 heterocycles. The summed E-state index contributed by atoms with van der Waals surface area (Å²) in [6.45, 7) is 4.34. The van der Waals surface area contributed by atoms with Gasteiger partial charge in [-0.1, -0.05) is 0 Å². The first-order chi connectivity index (χ1) is 10.5. The fourth-order valence-corrected chi connectivity index (χ4v) is 5.68. The third kappa shape index (κ3) is 3.36. The summed E-state index contributed by atoms with van der Waals surface area (Å²) in [6.07, 6.45) is 3.28. The highest BCUT2D eigenvalue weighted by molar-refractivity contribution is 8.00. The van der Waals surface area contributed by atoms with Gasteiger partial charge in [0.05, 0.1) is 6.04 Å². The van der Waals surface area contributed by atoms with E-state index in [4.69, 9.17) is 0 Å². The molecule has 1 aromatic rings. The van der Waals surface area contributed by atoms with Crippen molar-refractivity contribution in [1.82, 2.24) is 15.2 Å². The van der Waals surface area contributed by atoms with Crippen LogP contribution in [0.15, 0.2) is 6.20 Å². The highest BCUT2D eigenvalue weighted by Crippen LogP contribution is 2.30. The number of carbonyl (C=O) groups is 1. The zero-order valence-electron chi connectivity index (χ0n) is 12.9. The second-order valence-electron chi connectivity index (χ2n) is 6.21. The van der Waals surface area contributed by atoms with E-state index < -0.39 is 9.52 Å². The second kappa shape index (κ2) is 6.29. The van der Waals surface area contributed by atoms with Gasteiger partial charge in [-0.3, -0.25) is 9.00 Å². The molecule has 1 atom stereocenters. The fraction of sp³-hybridized carbons (Fsp3) is 0.667.